The average molecular weight is 470 g/mol. The number of rotatable bonds is 4. The fourth-order valence-electron chi connectivity index (χ4n) is 4.74. The molecule has 3 saturated heterocycles. The number of nitrogens with zero attached hydrogens (tertiary/aromatic N) is 3. The van der Waals surface area contributed by atoms with Crippen LogP contribution in [0.25, 0.3) is 0 Å². The van der Waals surface area contributed by atoms with Crippen molar-refractivity contribution < 1.29 is 21.6 Å². The zero-order chi connectivity index (χ0) is 22.1. The van der Waals surface area contributed by atoms with Crippen LogP contribution in [0.15, 0.2) is 29.2 Å². The molecule has 0 N–H and O–H groups in total. The first-order valence-corrected chi connectivity index (χ1v) is 14.4. The van der Waals surface area contributed by atoms with Crippen molar-refractivity contribution in [2.24, 2.45) is 0 Å². The van der Waals surface area contributed by atoms with Gasteiger partial charge in [0.2, 0.25) is 10.0 Å². The molecule has 0 unspecified atom stereocenters. The third-order valence-electron chi connectivity index (χ3n) is 6.63. The minimum absolute atomic E-state index is 0.0609. The van der Waals surface area contributed by atoms with Gasteiger partial charge in [-0.1, -0.05) is 12.8 Å². The summed E-state index contributed by atoms with van der Waals surface area (Å²) in [6.45, 7) is 3.51. The zero-order valence-electron chi connectivity index (χ0n) is 17.8. The summed E-state index contributed by atoms with van der Waals surface area (Å²) in [5.41, 5.74) is 0.478. The molecule has 1 aromatic carbocycles. The molecule has 3 heterocycles. The van der Waals surface area contributed by atoms with Gasteiger partial charge >= 0.3 is 0 Å². The second-order valence-corrected chi connectivity index (χ2v) is 12.9. The van der Waals surface area contributed by atoms with Gasteiger partial charge in [-0.25, -0.2) is 16.8 Å². The standard InChI is InChI=1S/C21H31N3O5S2/c25-21(23-14-12-22(13-15-23)19-9-16-30(26,27)17-19)18-5-7-20(8-6-18)31(28,29)24-10-3-1-2-4-11-24/h5-8,19H,1-4,9-17H2/t19-/m1/s1. The minimum Gasteiger partial charge on any atom is -0.336 e. The van der Waals surface area contributed by atoms with Crippen molar-refractivity contribution in [1.82, 2.24) is 14.1 Å². The Bertz CT molecular complexity index is 992. The van der Waals surface area contributed by atoms with E-state index < -0.39 is 19.9 Å². The van der Waals surface area contributed by atoms with Gasteiger partial charge in [-0.3, -0.25) is 9.69 Å². The molecule has 172 valence electrons. The van der Waals surface area contributed by atoms with E-state index in [4.69, 9.17) is 0 Å². The number of piperazine rings is 1. The number of hydrogen-bond donors (Lipinski definition) is 0. The molecule has 31 heavy (non-hydrogen) atoms. The fourth-order valence-corrected chi connectivity index (χ4v) is 8.02. The van der Waals surface area contributed by atoms with Gasteiger partial charge in [-0.2, -0.15) is 4.31 Å². The van der Waals surface area contributed by atoms with E-state index >= 15 is 0 Å². The van der Waals surface area contributed by atoms with Crippen LogP contribution in [0.4, 0.5) is 0 Å². The first-order chi connectivity index (χ1) is 14.8. The van der Waals surface area contributed by atoms with Crippen molar-refractivity contribution in [3.63, 3.8) is 0 Å². The van der Waals surface area contributed by atoms with Crippen molar-refractivity contribution in [1.29, 1.82) is 0 Å². The van der Waals surface area contributed by atoms with Gasteiger partial charge in [-0.15, -0.1) is 0 Å². The van der Waals surface area contributed by atoms with Gasteiger partial charge in [0.1, 0.15) is 0 Å². The van der Waals surface area contributed by atoms with Crippen LogP contribution in [0.2, 0.25) is 0 Å². The number of carbonyl (C=O) groups excluding carboxylic acids is 1. The second-order valence-electron chi connectivity index (χ2n) is 8.73. The van der Waals surface area contributed by atoms with Crippen LogP contribution in [0.3, 0.4) is 0 Å². The number of sulfonamides is 1. The third-order valence-corrected chi connectivity index (χ3v) is 10.3. The lowest BCUT2D eigenvalue weighted by Crippen LogP contribution is -2.52. The molecule has 0 aliphatic carbocycles. The highest BCUT2D eigenvalue weighted by Crippen LogP contribution is 2.22. The minimum atomic E-state index is -3.53. The molecule has 0 spiro atoms. The van der Waals surface area contributed by atoms with Crippen molar-refractivity contribution >= 4 is 25.8 Å². The maximum atomic E-state index is 12.9. The van der Waals surface area contributed by atoms with Crippen molar-refractivity contribution in [2.75, 3.05) is 50.8 Å². The van der Waals surface area contributed by atoms with E-state index in [1.54, 1.807) is 21.3 Å². The van der Waals surface area contributed by atoms with Gasteiger partial charge in [0.05, 0.1) is 16.4 Å². The van der Waals surface area contributed by atoms with Crippen LogP contribution in [0, 0.1) is 0 Å². The molecule has 0 aromatic heterocycles. The molecule has 0 saturated carbocycles. The van der Waals surface area contributed by atoms with Crippen LogP contribution >= 0.6 is 0 Å². The highest BCUT2D eigenvalue weighted by molar-refractivity contribution is 7.91. The van der Waals surface area contributed by atoms with E-state index in [1.165, 1.54) is 12.1 Å². The maximum Gasteiger partial charge on any atom is 0.253 e. The lowest BCUT2D eigenvalue weighted by atomic mass is 10.1. The normalized spacial score (nSPS) is 25.9. The summed E-state index contributed by atoms with van der Waals surface area (Å²) in [6.07, 6.45) is 4.55. The summed E-state index contributed by atoms with van der Waals surface area (Å²) in [6, 6.07) is 6.33. The Kier molecular flexibility index (Phi) is 6.71. The van der Waals surface area contributed by atoms with Crippen LogP contribution < -0.4 is 0 Å². The first kappa shape index (κ1) is 22.7. The molecular weight excluding hydrogens is 438 g/mol. The molecule has 0 bridgehead atoms. The third kappa shape index (κ3) is 5.13. The lowest BCUT2D eigenvalue weighted by molar-refractivity contribution is 0.0587. The molecular formula is C21H31N3O5S2. The van der Waals surface area contributed by atoms with Gasteiger partial charge in [0.25, 0.3) is 5.91 Å². The van der Waals surface area contributed by atoms with Gasteiger partial charge in [0.15, 0.2) is 9.84 Å². The highest BCUT2D eigenvalue weighted by atomic mass is 32.2. The maximum absolute atomic E-state index is 12.9. The number of hydrogen-bond acceptors (Lipinski definition) is 6. The summed E-state index contributed by atoms with van der Waals surface area (Å²) in [5.74, 6) is 0.356. The van der Waals surface area contributed by atoms with Crippen LogP contribution in [-0.4, -0.2) is 93.7 Å². The van der Waals surface area contributed by atoms with Crippen LogP contribution in [0.5, 0.6) is 0 Å². The number of benzene rings is 1. The van der Waals surface area contributed by atoms with Gasteiger partial charge < -0.3 is 4.90 Å². The molecule has 3 aliphatic rings. The van der Waals surface area contributed by atoms with E-state index in [1.807, 2.05) is 0 Å². The molecule has 3 aliphatic heterocycles. The van der Waals surface area contributed by atoms with E-state index in [0.717, 1.165) is 25.7 Å². The van der Waals surface area contributed by atoms with Crippen LogP contribution in [-0.2, 0) is 19.9 Å². The topological polar surface area (TPSA) is 95.1 Å². The van der Waals surface area contributed by atoms with Gasteiger partial charge in [-0.05, 0) is 43.5 Å². The van der Waals surface area contributed by atoms with E-state index in [-0.39, 0.29) is 28.4 Å². The summed E-state index contributed by atoms with van der Waals surface area (Å²) >= 11 is 0. The Morgan fingerprint density at radius 3 is 2.03 bits per heavy atom. The predicted octanol–water partition coefficient (Wildman–Crippen LogP) is 1.20. The smallest absolute Gasteiger partial charge is 0.253 e. The number of sulfone groups is 1. The number of amides is 1. The summed E-state index contributed by atoms with van der Waals surface area (Å²) in [7, 11) is -6.45. The molecule has 8 nitrogen and oxygen atoms in total. The van der Waals surface area contributed by atoms with E-state index in [9.17, 15) is 21.6 Å². The summed E-state index contributed by atoms with van der Waals surface area (Å²) < 4.78 is 50.8. The quantitative estimate of drug-likeness (QED) is 0.658. The molecule has 1 amide bonds. The highest BCUT2D eigenvalue weighted by Gasteiger charge is 2.34. The Morgan fingerprint density at radius 2 is 1.48 bits per heavy atom. The van der Waals surface area contributed by atoms with Gasteiger partial charge in [0, 0.05) is 50.9 Å². The Hall–Kier alpha value is -1.49. The zero-order valence-corrected chi connectivity index (χ0v) is 19.4. The van der Waals surface area contributed by atoms with Crippen LogP contribution in [0.1, 0.15) is 42.5 Å². The lowest BCUT2D eigenvalue weighted by Gasteiger charge is -2.37. The van der Waals surface area contributed by atoms with E-state index in [0.29, 0.717) is 51.3 Å². The molecule has 0 radical (unpaired) electrons. The molecule has 3 fully saturated rings. The molecule has 4 rings (SSSR count). The Labute approximate surface area is 185 Å². The molecule has 10 heteroatoms. The fraction of sp³-hybridized carbons (Fsp3) is 0.667. The Balaban J connectivity index is 1.36. The van der Waals surface area contributed by atoms with E-state index in [2.05, 4.69) is 4.90 Å². The largest absolute Gasteiger partial charge is 0.336 e. The second kappa shape index (κ2) is 9.17. The Morgan fingerprint density at radius 1 is 0.871 bits per heavy atom. The predicted molar refractivity (Wildman–Crippen MR) is 118 cm³/mol. The van der Waals surface area contributed by atoms with Crippen molar-refractivity contribution in [3.8, 4) is 0 Å². The first-order valence-electron chi connectivity index (χ1n) is 11.1. The van der Waals surface area contributed by atoms with Crippen molar-refractivity contribution in [2.45, 2.75) is 43.0 Å². The monoisotopic (exact) mass is 469 g/mol. The summed E-state index contributed by atoms with van der Waals surface area (Å²) in [5, 5.41) is 0. The molecule has 1 atom stereocenters. The molecule has 1 aromatic rings. The SMILES string of the molecule is O=C(c1ccc(S(=O)(=O)N2CCCCCC2)cc1)N1CCN([C@@H]2CCS(=O)(=O)C2)CC1. The number of carbonyl (C=O) groups is 1. The average Bonchev–Trinajstić information content (AvgIpc) is 2.96. The summed E-state index contributed by atoms with van der Waals surface area (Å²) in [4.78, 5) is 17.1. The van der Waals surface area contributed by atoms with Crippen molar-refractivity contribution in [3.05, 3.63) is 29.8 Å².